The van der Waals surface area contributed by atoms with Gasteiger partial charge < -0.3 is 0 Å². The third kappa shape index (κ3) is 3.15. The van der Waals surface area contributed by atoms with E-state index >= 15 is 0 Å². The minimum Gasteiger partial charge on any atom is -0.294 e. The van der Waals surface area contributed by atoms with Crippen molar-refractivity contribution in [2.24, 2.45) is 0 Å². The molecule has 6 nitrogen and oxygen atoms in total. The second kappa shape index (κ2) is 6.86. The van der Waals surface area contributed by atoms with Gasteiger partial charge >= 0.3 is 0 Å². The summed E-state index contributed by atoms with van der Waals surface area (Å²) >= 11 is 4.88. The Morgan fingerprint density at radius 1 is 1.22 bits per heavy atom. The molecule has 0 saturated carbocycles. The first-order valence-corrected chi connectivity index (χ1v) is 9.89. The van der Waals surface area contributed by atoms with Crippen LogP contribution in [0.2, 0.25) is 0 Å². The van der Waals surface area contributed by atoms with Crippen molar-refractivity contribution in [2.45, 2.75) is 20.4 Å². The number of hydrogen-bond donors (Lipinski definition) is 0. The number of hydrogen-bond acceptors (Lipinski definition) is 5. The zero-order valence-electron chi connectivity index (χ0n) is 14.6. The first-order chi connectivity index (χ1) is 13.0. The second-order valence-corrected chi connectivity index (χ2v) is 7.99. The minimum atomic E-state index is -0.233. The van der Waals surface area contributed by atoms with E-state index < -0.39 is 0 Å². The maximum atomic E-state index is 12.9. The summed E-state index contributed by atoms with van der Waals surface area (Å²) in [5.41, 5.74) is 2.71. The van der Waals surface area contributed by atoms with E-state index in [-0.39, 0.29) is 17.9 Å². The van der Waals surface area contributed by atoms with Crippen LogP contribution >= 0.6 is 27.3 Å². The monoisotopic (exact) mass is 442 g/mol. The lowest BCUT2D eigenvalue weighted by atomic mass is 10.1. The first kappa shape index (κ1) is 17.8. The van der Waals surface area contributed by atoms with Gasteiger partial charge in [-0.05, 0) is 38.1 Å². The summed E-state index contributed by atoms with van der Waals surface area (Å²) in [6.07, 6.45) is 3.16. The molecule has 0 radical (unpaired) electrons. The Hall–Kier alpha value is -2.58. The molecule has 3 aromatic heterocycles. The largest absolute Gasteiger partial charge is 0.294 e. The molecule has 1 aromatic carbocycles. The number of rotatable bonds is 4. The van der Waals surface area contributed by atoms with Crippen LogP contribution in [0.1, 0.15) is 21.7 Å². The third-order valence-corrected chi connectivity index (χ3v) is 5.69. The minimum absolute atomic E-state index is 0.0591. The summed E-state index contributed by atoms with van der Waals surface area (Å²) in [6.45, 7) is 3.77. The van der Waals surface area contributed by atoms with Gasteiger partial charge in [0.2, 0.25) is 0 Å². The molecule has 0 bridgehead atoms. The van der Waals surface area contributed by atoms with Crippen molar-refractivity contribution in [2.75, 3.05) is 0 Å². The molecule has 0 fully saturated rings. The number of aromatic nitrogens is 4. The van der Waals surface area contributed by atoms with Gasteiger partial charge in [-0.25, -0.2) is 9.97 Å². The van der Waals surface area contributed by atoms with Crippen LogP contribution in [0.25, 0.3) is 16.0 Å². The number of ketones is 1. The van der Waals surface area contributed by atoms with Crippen molar-refractivity contribution in [3.63, 3.8) is 0 Å². The van der Waals surface area contributed by atoms with Gasteiger partial charge in [0.25, 0.3) is 5.56 Å². The second-order valence-electron chi connectivity index (χ2n) is 6.20. The Morgan fingerprint density at radius 2 is 2.04 bits per heavy atom. The summed E-state index contributed by atoms with van der Waals surface area (Å²) in [6, 6.07) is 7.17. The van der Waals surface area contributed by atoms with Crippen LogP contribution in [0.15, 0.2) is 51.4 Å². The van der Waals surface area contributed by atoms with Gasteiger partial charge in [-0.3, -0.25) is 18.7 Å². The molecule has 0 unspecified atom stereocenters. The van der Waals surface area contributed by atoms with Crippen molar-refractivity contribution in [3.05, 3.63) is 73.9 Å². The van der Waals surface area contributed by atoms with E-state index in [4.69, 9.17) is 0 Å². The molecule has 0 amide bonds. The summed E-state index contributed by atoms with van der Waals surface area (Å²) in [4.78, 5) is 34.2. The Bertz CT molecular complexity index is 1220. The number of aryl methyl sites for hydroxylation is 1. The Labute approximate surface area is 167 Å². The van der Waals surface area contributed by atoms with Crippen molar-refractivity contribution < 1.29 is 4.79 Å². The molecule has 8 heteroatoms. The number of carbonyl (C=O) groups is 1. The predicted octanol–water partition coefficient (Wildman–Crippen LogP) is 3.91. The zero-order valence-corrected chi connectivity index (χ0v) is 17.0. The molecule has 27 heavy (non-hydrogen) atoms. The highest BCUT2D eigenvalue weighted by Crippen LogP contribution is 2.23. The number of carbonyl (C=O) groups excluding carboxylic acids is 1. The molecule has 0 aliphatic carbocycles. The molecule has 3 heterocycles. The highest BCUT2D eigenvalue weighted by atomic mass is 79.9. The maximum absolute atomic E-state index is 12.9. The normalized spacial score (nSPS) is 11.2. The molecular formula is C19H15BrN4O2S. The topological polar surface area (TPSA) is 69.8 Å². The Kier molecular flexibility index (Phi) is 4.53. The summed E-state index contributed by atoms with van der Waals surface area (Å²) < 4.78 is 4.10. The SMILES string of the molecule is Cc1cc(C(=O)Cn2cnc3ccc(Br)cc3c2=O)c(C)n1-c1nccs1. The average Bonchev–Trinajstić information content (AvgIpc) is 3.25. The fourth-order valence-electron chi connectivity index (χ4n) is 3.15. The molecule has 0 N–H and O–H groups in total. The highest BCUT2D eigenvalue weighted by molar-refractivity contribution is 9.10. The first-order valence-electron chi connectivity index (χ1n) is 8.22. The standard InChI is InChI=1S/C19H15BrN4O2S/c1-11-7-14(12(2)24(11)19-21-5-6-27-19)17(25)9-23-10-22-16-4-3-13(20)8-15(16)18(23)26/h3-8,10H,9H2,1-2H3. The van der Waals surface area contributed by atoms with Gasteiger partial charge in [0.05, 0.1) is 23.8 Å². The number of thiazole rings is 1. The lowest BCUT2D eigenvalue weighted by Gasteiger charge is -2.07. The molecule has 0 aliphatic heterocycles. The smallest absolute Gasteiger partial charge is 0.261 e. The van der Waals surface area contributed by atoms with Crippen molar-refractivity contribution in [1.29, 1.82) is 0 Å². The third-order valence-electron chi connectivity index (χ3n) is 4.44. The van der Waals surface area contributed by atoms with Crippen molar-refractivity contribution >= 4 is 44.0 Å². The molecule has 0 saturated heterocycles. The average molecular weight is 443 g/mol. The summed E-state index contributed by atoms with van der Waals surface area (Å²) in [7, 11) is 0. The highest BCUT2D eigenvalue weighted by Gasteiger charge is 2.19. The van der Waals surface area contributed by atoms with E-state index in [2.05, 4.69) is 25.9 Å². The number of nitrogens with zero attached hydrogens (tertiary/aromatic N) is 4. The van der Waals surface area contributed by atoms with E-state index in [1.807, 2.05) is 35.9 Å². The number of halogens is 1. The van der Waals surface area contributed by atoms with E-state index in [0.29, 0.717) is 16.5 Å². The van der Waals surface area contributed by atoms with E-state index in [1.165, 1.54) is 22.2 Å². The van der Waals surface area contributed by atoms with Gasteiger partial charge in [-0.2, -0.15) is 0 Å². The quantitative estimate of drug-likeness (QED) is 0.449. The molecule has 0 aliphatic rings. The van der Waals surface area contributed by atoms with Gasteiger partial charge in [0.1, 0.15) is 0 Å². The maximum Gasteiger partial charge on any atom is 0.261 e. The molecule has 0 atom stereocenters. The van der Waals surface area contributed by atoms with Crippen molar-refractivity contribution in [1.82, 2.24) is 19.1 Å². The number of Topliss-reactive ketones (excluding diaryl/α,β-unsaturated/α-hetero) is 1. The molecule has 4 aromatic rings. The van der Waals surface area contributed by atoms with Crippen LogP contribution in [-0.2, 0) is 6.54 Å². The zero-order chi connectivity index (χ0) is 19.1. The Balaban J connectivity index is 1.71. The lowest BCUT2D eigenvalue weighted by Crippen LogP contribution is -2.25. The van der Waals surface area contributed by atoms with Crippen LogP contribution < -0.4 is 5.56 Å². The van der Waals surface area contributed by atoms with Crippen LogP contribution in [0.4, 0.5) is 0 Å². The lowest BCUT2D eigenvalue weighted by molar-refractivity contribution is 0.0970. The molecule has 4 rings (SSSR count). The van der Waals surface area contributed by atoms with Gasteiger partial charge in [-0.1, -0.05) is 15.9 Å². The summed E-state index contributed by atoms with van der Waals surface area (Å²) in [5, 5.41) is 3.19. The molecule has 0 spiro atoms. The van der Waals surface area contributed by atoms with Gasteiger partial charge in [0.15, 0.2) is 10.9 Å². The fraction of sp³-hybridized carbons (Fsp3) is 0.158. The van der Waals surface area contributed by atoms with E-state index in [1.54, 1.807) is 18.3 Å². The van der Waals surface area contributed by atoms with E-state index in [9.17, 15) is 9.59 Å². The van der Waals surface area contributed by atoms with Gasteiger partial charge in [-0.15, -0.1) is 11.3 Å². The van der Waals surface area contributed by atoms with Crippen LogP contribution in [-0.4, -0.2) is 24.9 Å². The number of fused-ring (bicyclic) bond motifs is 1. The number of benzene rings is 1. The molecular weight excluding hydrogens is 428 g/mol. The van der Waals surface area contributed by atoms with Crippen LogP contribution in [0.5, 0.6) is 0 Å². The molecule has 136 valence electrons. The van der Waals surface area contributed by atoms with Crippen LogP contribution in [0, 0.1) is 13.8 Å². The van der Waals surface area contributed by atoms with E-state index in [0.717, 1.165) is 21.0 Å². The van der Waals surface area contributed by atoms with Crippen molar-refractivity contribution in [3.8, 4) is 5.13 Å². The fourth-order valence-corrected chi connectivity index (χ4v) is 4.26. The summed E-state index contributed by atoms with van der Waals surface area (Å²) in [5.74, 6) is -0.135. The van der Waals surface area contributed by atoms with Crippen LogP contribution in [0.3, 0.4) is 0 Å². The Morgan fingerprint density at radius 3 is 2.78 bits per heavy atom. The predicted molar refractivity (Wildman–Crippen MR) is 109 cm³/mol. The van der Waals surface area contributed by atoms with Gasteiger partial charge in [0, 0.05) is 33.0 Å².